The summed E-state index contributed by atoms with van der Waals surface area (Å²) < 4.78 is 0. The van der Waals surface area contributed by atoms with Crippen LogP contribution in [0.5, 0.6) is 0 Å². The van der Waals surface area contributed by atoms with Gasteiger partial charge in [0.2, 0.25) is 0 Å². The molecule has 116 valence electrons. The molecule has 4 N–H and O–H groups in total. The van der Waals surface area contributed by atoms with Crippen LogP contribution in [0.15, 0.2) is 0 Å². The Morgan fingerprint density at radius 2 is 1.42 bits per heavy atom. The van der Waals surface area contributed by atoms with E-state index < -0.39 is 18.0 Å². The van der Waals surface area contributed by atoms with E-state index in [2.05, 4.69) is 15.9 Å². The Kier molecular flexibility index (Phi) is 15.3. The van der Waals surface area contributed by atoms with Gasteiger partial charge in [-0.3, -0.25) is 9.59 Å². The maximum absolute atomic E-state index is 10.3. The first-order chi connectivity index (χ1) is 8.18. The van der Waals surface area contributed by atoms with Crippen molar-refractivity contribution in [2.45, 2.75) is 58.8 Å². The number of carboxylic acids is 2. The second-order valence-corrected chi connectivity index (χ2v) is 5.36. The maximum atomic E-state index is 10.3. The molecule has 0 spiro atoms. The molecule has 5 nitrogen and oxygen atoms in total. The van der Waals surface area contributed by atoms with Crippen LogP contribution in [0, 0.1) is 11.8 Å². The minimum absolute atomic E-state index is 0. The highest BCUT2D eigenvalue weighted by atomic mass is 79.9. The smallest absolute Gasteiger partial charge is 0.320 e. The van der Waals surface area contributed by atoms with Crippen molar-refractivity contribution >= 4 is 27.9 Å². The Morgan fingerprint density at radius 3 is 1.53 bits per heavy atom. The molecule has 0 aliphatic rings. The topological polar surface area (TPSA) is 101 Å². The van der Waals surface area contributed by atoms with Crippen molar-refractivity contribution in [1.29, 1.82) is 0 Å². The fourth-order valence-electron chi connectivity index (χ4n) is 0.948. The van der Waals surface area contributed by atoms with Crippen LogP contribution in [-0.4, -0.2) is 33.0 Å². The van der Waals surface area contributed by atoms with Gasteiger partial charge in [-0.1, -0.05) is 63.9 Å². The third kappa shape index (κ3) is 10.9. The molecule has 0 amide bonds. The molecule has 19 heavy (non-hydrogen) atoms. The first kappa shape index (κ1) is 23.5. The number of rotatable bonds is 6. The molecule has 6 heteroatoms. The predicted octanol–water partition coefficient (Wildman–Crippen LogP) is 2.96. The van der Waals surface area contributed by atoms with Crippen molar-refractivity contribution in [3.63, 3.8) is 0 Å². The SMILES string of the molecule is C.CC[C@H](C)[C@@H](Br)C(=O)O.CC[C@H](C)[C@@H](N)C(=O)O. The Morgan fingerprint density at radius 1 is 1.05 bits per heavy atom. The largest absolute Gasteiger partial charge is 0.480 e. The maximum Gasteiger partial charge on any atom is 0.320 e. The zero-order chi connectivity index (χ0) is 14.9. The van der Waals surface area contributed by atoms with E-state index >= 15 is 0 Å². The molecule has 0 aromatic heterocycles. The molecule has 0 aliphatic carbocycles. The van der Waals surface area contributed by atoms with Crippen LogP contribution in [-0.2, 0) is 9.59 Å². The number of halogens is 1. The molecule has 0 aliphatic heterocycles. The molecule has 0 saturated carbocycles. The average Bonchev–Trinajstić information content (AvgIpc) is 2.35. The number of nitrogens with two attached hydrogens (primary N) is 1. The van der Waals surface area contributed by atoms with E-state index in [0.717, 1.165) is 12.8 Å². The minimum Gasteiger partial charge on any atom is -0.480 e. The van der Waals surface area contributed by atoms with Crippen LogP contribution < -0.4 is 5.73 Å². The van der Waals surface area contributed by atoms with Crippen LogP contribution in [0.2, 0.25) is 0 Å². The van der Waals surface area contributed by atoms with Gasteiger partial charge >= 0.3 is 11.9 Å². The van der Waals surface area contributed by atoms with Crippen molar-refractivity contribution < 1.29 is 19.8 Å². The monoisotopic (exact) mass is 341 g/mol. The van der Waals surface area contributed by atoms with Gasteiger partial charge in [0.05, 0.1) is 0 Å². The van der Waals surface area contributed by atoms with Gasteiger partial charge in [0, 0.05) is 0 Å². The molecule has 0 unspecified atom stereocenters. The van der Waals surface area contributed by atoms with E-state index in [1.165, 1.54) is 0 Å². The molecule has 0 heterocycles. The highest BCUT2D eigenvalue weighted by molar-refractivity contribution is 9.10. The highest BCUT2D eigenvalue weighted by Crippen LogP contribution is 2.15. The van der Waals surface area contributed by atoms with Crippen molar-refractivity contribution in [2.75, 3.05) is 0 Å². The molecule has 0 aromatic carbocycles. The van der Waals surface area contributed by atoms with E-state index in [9.17, 15) is 9.59 Å². The number of hydrogen-bond acceptors (Lipinski definition) is 3. The lowest BCUT2D eigenvalue weighted by Crippen LogP contribution is -2.36. The lowest BCUT2D eigenvalue weighted by atomic mass is 10.0. The normalized spacial score (nSPS) is 15.9. The quantitative estimate of drug-likeness (QED) is 0.644. The summed E-state index contributed by atoms with van der Waals surface area (Å²) in [5, 5.41) is 16.8. The Hall–Kier alpha value is -0.620. The van der Waals surface area contributed by atoms with E-state index in [0.29, 0.717) is 0 Å². The van der Waals surface area contributed by atoms with Crippen LogP contribution in [0.1, 0.15) is 48.0 Å². The summed E-state index contributed by atoms with van der Waals surface area (Å²) in [7, 11) is 0. The van der Waals surface area contributed by atoms with Crippen LogP contribution in [0.3, 0.4) is 0 Å². The van der Waals surface area contributed by atoms with Gasteiger partial charge in [-0.25, -0.2) is 0 Å². The number of aliphatic carboxylic acids is 2. The van der Waals surface area contributed by atoms with Crippen molar-refractivity contribution in [3.8, 4) is 0 Å². The third-order valence-corrected chi connectivity index (χ3v) is 4.22. The van der Waals surface area contributed by atoms with E-state index in [-0.39, 0.29) is 24.1 Å². The molecule has 0 saturated heterocycles. The first-order valence-electron chi connectivity index (χ1n) is 6.04. The summed E-state index contributed by atoms with van der Waals surface area (Å²) >= 11 is 3.07. The number of hydrogen-bond donors (Lipinski definition) is 3. The molecular weight excluding hydrogens is 314 g/mol. The zero-order valence-electron chi connectivity index (χ0n) is 11.4. The molecular formula is C13H28BrNO4. The fraction of sp³-hybridized carbons (Fsp3) is 0.846. The molecule has 0 bridgehead atoms. The van der Waals surface area contributed by atoms with Gasteiger partial charge < -0.3 is 15.9 Å². The Labute approximate surface area is 124 Å². The molecule has 0 radical (unpaired) electrons. The summed E-state index contributed by atoms with van der Waals surface area (Å²) in [6.45, 7) is 7.64. The van der Waals surface area contributed by atoms with E-state index in [1.807, 2.05) is 27.7 Å². The fourth-order valence-corrected chi connectivity index (χ4v) is 1.32. The minimum atomic E-state index is -0.913. The van der Waals surface area contributed by atoms with Gasteiger partial charge in [0.25, 0.3) is 0 Å². The third-order valence-electron chi connectivity index (χ3n) is 2.92. The number of carboxylic acid groups (broad SMARTS) is 2. The molecule has 0 aromatic rings. The van der Waals surface area contributed by atoms with Gasteiger partial charge in [0.15, 0.2) is 0 Å². The lowest BCUT2D eigenvalue weighted by molar-refractivity contribution is -0.140. The molecule has 0 rings (SSSR count). The zero-order valence-corrected chi connectivity index (χ0v) is 13.0. The van der Waals surface area contributed by atoms with Crippen LogP contribution in [0.25, 0.3) is 0 Å². The van der Waals surface area contributed by atoms with Gasteiger partial charge in [-0.05, 0) is 11.8 Å². The lowest BCUT2D eigenvalue weighted by Gasteiger charge is -2.11. The molecule has 0 fully saturated rings. The summed E-state index contributed by atoms with van der Waals surface area (Å²) in [4.78, 5) is 20.0. The van der Waals surface area contributed by atoms with Crippen molar-refractivity contribution in [2.24, 2.45) is 17.6 Å². The summed E-state index contributed by atoms with van der Waals surface area (Å²) in [6, 6.07) is -0.699. The highest BCUT2D eigenvalue weighted by Gasteiger charge is 2.18. The standard InChI is InChI=1S/C6H11BrO2.C6H13NO2.CH4/c2*1-3-4(2)5(7)6(8)9;/h4-5H,3H2,1-2H3,(H,8,9);4-5H,3,7H2,1-2H3,(H,8,9);1H4/t2*4-,5+;/m00./s1. The summed E-state index contributed by atoms with van der Waals surface area (Å²) in [5.74, 6) is -1.40. The van der Waals surface area contributed by atoms with Crippen LogP contribution in [0.4, 0.5) is 0 Å². The van der Waals surface area contributed by atoms with Gasteiger partial charge in [0.1, 0.15) is 10.9 Å². The average molecular weight is 342 g/mol. The van der Waals surface area contributed by atoms with E-state index in [4.69, 9.17) is 15.9 Å². The van der Waals surface area contributed by atoms with Crippen molar-refractivity contribution in [1.82, 2.24) is 0 Å². The number of carbonyl (C=O) groups is 2. The summed E-state index contributed by atoms with van der Waals surface area (Å²) in [5.41, 5.74) is 5.27. The first-order valence-corrected chi connectivity index (χ1v) is 6.95. The van der Waals surface area contributed by atoms with Gasteiger partial charge in [-0.2, -0.15) is 0 Å². The summed E-state index contributed by atoms with van der Waals surface area (Å²) in [6.07, 6.45) is 1.70. The second kappa shape index (κ2) is 12.4. The Balaban J connectivity index is -0.000000256. The van der Waals surface area contributed by atoms with Crippen molar-refractivity contribution in [3.05, 3.63) is 0 Å². The molecule has 4 atom stereocenters. The van der Waals surface area contributed by atoms with E-state index in [1.54, 1.807) is 0 Å². The second-order valence-electron chi connectivity index (χ2n) is 4.38. The van der Waals surface area contributed by atoms with Crippen LogP contribution >= 0.6 is 15.9 Å². The number of alkyl halides is 1. The predicted molar refractivity (Wildman–Crippen MR) is 81.6 cm³/mol. The Bertz CT molecular complexity index is 235. The van der Waals surface area contributed by atoms with Gasteiger partial charge in [-0.15, -0.1) is 0 Å².